The van der Waals surface area contributed by atoms with Gasteiger partial charge in [-0.1, -0.05) is 13.0 Å². The monoisotopic (exact) mass is 504 g/mol. The molecule has 0 bridgehead atoms. The zero-order valence-electron chi connectivity index (χ0n) is 18.1. The molecule has 2 N–H and O–H groups in total. The highest BCUT2D eigenvalue weighted by Gasteiger charge is 2.31. The minimum Gasteiger partial charge on any atom is -0.493 e. The molecule has 0 saturated carbocycles. The van der Waals surface area contributed by atoms with Crippen molar-refractivity contribution in [3.05, 3.63) is 23.8 Å². The maximum absolute atomic E-state index is 5.59. The lowest BCUT2D eigenvalue weighted by molar-refractivity contribution is 0.265. The van der Waals surface area contributed by atoms with E-state index in [4.69, 9.17) is 14.5 Å². The largest absolute Gasteiger partial charge is 0.493 e. The van der Waals surface area contributed by atoms with Crippen LogP contribution in [0.1, 0.15) is 40.2 Å². The molecule has 0 amide bonds. The molecule has 28 heavy (non-hydrogen) atoms. The number of guanidine groups is 1. The average molecular weight is 504 g/mol. The van der Waals surface area contributed by atoms with Gasteiger partial charge in [-0.25, -0.2) is 4.99 Å². The predicted molar refractivity (Wildman–Crippen MR) is 127 cm³/mol. The first-order valence-corrected chi connectivity index (χ1v) is 10.1. The van der Waals surface area contributed by atoms with Crippen molar-refractivity contribution < 1.29 is 9.47 Å². The molecule has 0 radical (unpaired) electrons. The lowest BCUT2D eigenvalue weighted by Crippen LogP contribution is -2.46. The number of nitrogens with one attached hydrogen (secondary N) is 2. The van der Waals surface area contributed by atoms with Crippen molar-refractivity contribution in [3.63, 3.8) is 0 Å². The number of hydrogen-bond acceptors (Lipinski definition) is 4. The maximum Gasteiger partial charge on any atom is 0.191 e. The second-order valence-corrected chi connectivity index (χ2v) is 7.39. The molecule has 1 aromatic carbocycles. The Kier molecular flexibility index (Phi) is 11.0. The molecule has 2 rings (SSSR count). The SMILES string of the molecule is CCNC(=NCc1ccc(OCC)c(OC)c1)NC1CN(C(C)C)CC1C.I. The van der Waals surface area contributed by atoms with E-state index in [1.54, 1.807) is 7.11 Å². The molecule has 7 heteroatoms. The van der Waals surface area contributed by atoms with Crippen LogP contribution in [0.5, 0.6) is 11.5 Å². The van der Waals surface area contributed by atoms with Crippen molar-refractivity contribution in [1.82, 2.24) is 15.5 Å². The summed E-state index contributed by atoms with van der Waals surface area (Å²) in [6.07, 6.45) is 0. The summed E-state index contributed by atoms with van der Waals surface area (Å²) >= 11 is 0. The van der Waals surface area contributed by atoms with Gasteiger partial charge in [-0.15, -0.1) is 24.0 Å². The molecule has 2 atom stereocenters. The third kappa shape index (κ3) is 6.99. The topological polar surface area (TPSA) is 58.1 Å². The van der Waals surface area contributed by atoms with Crippen LogP contribution in [0.4, 0.5) is 0 Å². The molecule has 0 aliphatic carbocycles. The molecule has 6 nitrogen and oxygen atoms in total. The quantitative estimate of drug-likeness (QED) is 0.323. The number of benzene rings is 1. The normalized spacial score (nSPS) is 20.0. The number of likely N-dealkylation sites (tertiary alicyclic amines) is 1. The maximum atomic E-state index is 5.59. The Labute approximate surface area is 187 Å². The molecule has 1 saturated heterocycles. The minimum absolute atomic E-state index is 0. The van der Waals surface area contributed by atoms with Crippen molar-refractivity contribution in [2.75, 3.05) is 33.4 Å². The number of nitrogens with zero attached hydrogens (tertiary/aromatic N) is 2. The summed E-state index contributed by atoms with van der Waals surface area (Å²) in [7, 11) is 1.67. The lowest BCUT2D eigenvalue weighted by atomic mass is 10.1. The Bertz CT molecular complexity index is 624. The van der Waals surface area contributed by atoms with Crippen LogP contribution in [-0.4, -0.2) is 56.3 Å². The van der Waals surface area contributed by atoms with Crippen molar-refractivity contribution in [1.29, 1.82) is 0 Å². The van der Waals surface area contributed by atoms with Gasteiger partial charge in [0, 0.05) is 31.7 Å². The molecule has 1 heterocycles. The third-order valence-corrected chi connectivity index (χ3v) is 4.98. The van der Waals surface area contributed by atoms with Gasteiger partial charge >= 0.3 is 0 Å². The zero-order chi connectivity index (χ0) is 19.8. The first-order valence-electron chi connectivity index (χ1n) is 10.1. The standard InChI is InChI=1S/C21H36N4O2.HI/c1-7-22-21(24-18-14-25(15(3)4)13-16(18)5)23-12-17-9-10-19(27-8-2)20(11-17)26-6;/h9-11,15-16,18H,7-8,12-14H2,1-6H3,(H2,22,23,24);1H. The summed E-state index contributed by atoms with van der Waals surface area (Å²) in [5.41, 5.74) is 1.09. The Morgan fingerprint density at radius 1 is 1.25 bits per heavy atom. The van der Waals surface area contributed by atoms with Gasteiger partial charge in [0.1, 0.15) is 0 Å². The number of halogens is 1. The van der Waals surface area contributed by atoms with E-state index in [0.717, 1.165) is 42.7 Å². The fraction of sp³-hybridized carbons (Fsp3) is 0.667. The lowest BCUT2D eigenvalue weighted by Gasteiger charge is -2.22. The summed E-state index contributed by atoms with van der Waals surface area (Å²) in [6.45, 7) is 15.1. The number of methoxy groups -OCH3 is 1. The fourth-order valence-electron chi connectivity index (χ4n) is 3.36. The summed E-state index contributed by atoms with van der Waals surface area (Å²) in [4.78, 5) is 7.30. The van der Waals surface area contributed by atoms with Gasteiger partial charge in [0.15, 0.2) is 17.5 Å². The molecule has 1 aliphatic heterocycles. The molecule has 1 aromatic rings. The molecule has 0 spiro atoms. The van der Waals surface area contributed by atoms with E-state index in [-0.39, 0.29) is 24.0 Å². The van der Waals surface area contributed by atoms with Crippen LogP contribution in [0.15, 0.2) is 23.2 Å². The Morgan fingerprint density at radius 2 is 2.00 bits per heavy atom. The van der Waals surface area contributed by atoms with Crippen LogP contribution in [0.3, 0.4) is 0 Å². The van der Waals surface area contributed by atoms with E-state index < -0.39 is 0 Å². The summed E-state index contributed by atoms with van der Waals surface area (Å²) in [6, 6.07) is 6.98. The molecule has 0 aromatic heterocycles. The highest BCUT2D eigenvalue weighted by molar-refractivity contribution is 14.0. The van der Waals surface area contributed by atoms with E-state index in [0.29, 0.717) is 31.2 Å². The molecule has 1 aliphatic rings. The van der Waals surface area contributed by atoms with Crippen molar-refractivity contribution >= 4 is 29.9 Å². The first kappa shape index (κ1) is 24.8. The van der Waals surface area contributed by atoms with Gasteiger partial charge in [-0.05, 0) is 51.3 Å². The smallest absolute Gasteiger partial charge is 0.191 e. The van der Waals surface area contributed by atoms with Gasteiger partial charge in [0.2, 0.25) is 0 Å². The predicted octanol–water partition coefficient (Wildman–Crippen LogP) is 3.50. The Balaban J connectivity index is 0.00000392. The number of aliphatic imine (C=N–C) groups is 1. The molecule has 160 valence electrons. The molecule has 2 unspecified atom stereocenters. The summed E-state index contributed by atoms with van der Waals surface area (Å²) in [5, 5.41) is 6.99. The number of rotatable bonds is 8. The minimum atomic E-state index is 0. The Hall–Kier alpha value is -1.22. The van der Waals surface area contributed by atoms with Crippen LogP contribution >= 0.6 is 24.0 Å². The van der Waals surface area contributed by atoms with Crippen LogP contribution in [0, 0.1) is 5.92 Å². The van der Waals surface area contributed by atoms with Gasteiger partial charge < -0.3 is 20.1 Å². The van der Waals surface area contributed by atoms with E-state index in [2.05, 4.69) is 43.2 Å². The van der Waals surface area contributed by atoms with Crippen molar-refractivity contribution in [2.45, 2.75) is 53.2 Å². The Morgan fingerprint density at radius 3 is 2.57 bits per heavy atom. The van der Waals surface area contributed by atoms with E-state index in [1.807, 2.05) is 25.1 Å². The van der Waals surface area contributed by atoms with Gasteiger partial charge in [-0.2, -0.15) is 0 Å². The molecular formula is C21H37IN4O2. The van der Waals surface area contributed by atoms with Crippen molar-refractivity contribution in [3.8, 4) is 11.5 Å². The molecule has 1 fully saturated rings. The highest BCUT2D eigenvalue weighted by Crippen LogP contribution is 2.28. The van der Waals surface area contributed by atoms with E-state index in [1.165, 1.54) is 0 Å². The zero-order valence-corrected chi connectivity index (χ0v) is 20.4. The van der Waals surface area contributed by atoms with E-state index in [9.17, 15) is 0 Å². The average Bonchev–Trinajstić information content (AvgIpc) is 3.02. The second kappa shape index (κ2) is 12.4. The van der Waals surface area contributed by atoms with Crippen LogP contribution in [0.2, 0.25) is 0 Å². The van der Waals surface area contributed by atoms with E-state index >= 15 is 0 Å². The van der Waals surface area contributed by atoms with Crippen LogP contribution in [0.25, 0.3) is 0 Å². The van der Waals surface area contributed by atoms with Gasteiger partial charge in [-0.3, -0.25) is 4.90 Å². The highest BCUT2D eigenvalue weighted by atomic mass is 127. The number of hydrogen-bond donors (Lipinski definition) is 2. The summed E-state index contributed by atoms with van der Waals surface area (Å²) < 4.78 is 11.0. The van der Waals surface area contributed by atoms with Gasteiger partial charge in [0.05, 0.1) is 20.3 Å². The molecular weight excluding hydrogens is 467 g/mol. The first-order chi connectivity index (χ1) is 13.0. The van der Waals surface area contributed by atoms with Gasteiger partial charge in [0.25, 0.3) is 0 Å². The fourth-order valence-corrected chi connectivity index (χ4v) is 3.36. The number of ether oxygens (including phenoxy) is 2. The second-order valence-electron chi connectivity index (χ2n) is 7.39. The van der Waals surface area contributed by atoms with Crippen LogP contribution in [-0.2, 0) is 6.54 Å². The van der Waals surface area contributed by atoms with Crippen LogP contribution < -0.4 is 20.1 Å². The third-order valence-electron chi connectivity index (χ3n) is 4.98. The van der Waals surface area contributed by atoms with Crippen molar-refractivity contribution in [2.24, 2.45) is 10.9 Å². The summed E-state index contributed by atoms with van der Waals surface area (Å²) in [5.74, 6) is 2.99.